The zero-order chi connectivity index (χ0) is 14.9. The summed E-state index contributed by atoms with van der Waals surface area (Å²) in [7, 11) is 0. The van der Waals surface area contributed by atoms with E-state index in [1.54, 1.807) is 23.2 Å². The standard InChI is InChI=1S/C14H21N3O2S/c1-5-6-11-13(18)16-9(3)14(19)17(11)7-12-15-8(2)10(4)20-12/h9,11H,5-7H2,1-4H3,(H,16,18). The number of piperazine rings is 1. The molecule has 0 radical (unpaired) electrons. The molecule has 5 nitrogen and oxygen atoms in total. The fourth-order valence-corrected chi connectivity index (χ4v) is 3.35. The minimum atomic E-state index is -0.447. The van der Waals surface area contributed by atoms with Crippen LogP contribution in [0.15, 0.2) is 0 Å². The molecule has 0 spiro atoms. The van der Waals surface area contributed by atoms with Gasteiger partial charge in [-0.15, -0.1) is 11.3 Å². The van der Waals surface area contributed by atoms with Gasteiger partial charge in [0.25, 0.3) is 0 Å². The van der Waals surface area contributed by atoms with Gasteiger partial charge in [-0.05, 0) is 27.2 Å². The normalized spacial score (nSPS) is 23.1. The van der Waals surface area contributed by atoms with Crippen LogP contribution in [0, 0.1) is 13.8 Å². The highest BCUT2D eigenvalue weighted by atomic mass is 32.1. The summed E-state index contributed by atoms with van der Waals surface area (Å²) in [6.07, 6.45) is 1.56. The topological polar surface area (TPSA) is 62.3 Å². The van der Waals surface area contributed by atoms with Crippen LogP contribution in [-0.2, 0) is 16.1 Å². The monoisotopic (exact) mass is 295 g/mol. The number of amides is 2. The fraction of sp³-hybridized carbons (Fsp3) is 0.643. The first kappa shape index (κ1) is 15.0. The second kappa shape index (κ2) is 5.91. The quantitative estimate of drug-likeness (QED) is 0.921. The Labute approximate surface area is 123 Å². The number of nitrogens with zero attached hydrogens (tertiary/aromatic N) is 2. The molecule has 2 amide bonds. The summed E-state index contributed by atoms with van der Waals surface area (Å²) in [6, 6.07) is -0.814. The van der Waals surface area contributed by atoms with Crippen molar-refractivity contribution >= 4 is 23.2 Å². The van der Waals surface area contributed by atoms with E-state index in [1.165, 1.54) is 0 Å². The van der Waals surface area contributed by atoms with Crippen LogP contribution in [0.25, 0.3) is 0 Å². The van der Waals surface area contributed by atoms with Crippen molar-refractivity contribution in [1.29, 1.82) is 0 Å². The molecule has 1 aliphatic heterocycles. The van der Waals surface area contributed by atoms with E-state index in [0.29, 0.717) is 13.0 Å². The Balaban J connectivity index is 2.23. The molecule has 0 bridgehead atoms. The fourth-order valence-electron chi connectivity index (χ4n) is 2.42. The molecule has 2 heterocycles. The SMILES string of the molecule is CCCC1C(=O)NC(C)C(=O)N1Cc1nc(C)c(C)s1. The highest BCUT2D eigenvalue weighted by Gasteiger charge is 2.38. The van der Waals surface area contributed by atoms with Gasteiger partial charge in [-0.1, -0.05) is 13.3 Å². The summed E-state index contributed by atoms with van der Waals surface area (Å²) in [5.41, 5.74) is 0.999. The molecule has 0 aromatic carbocycles. The van der Waals surface area contributed by atoms with E-state index in [9.17, 15) is 9.59 Å². The van der Waals surface area contributed by atoms with Gasteiger partial charge < -0.3 is 10.2 Å². The number of aromatic nitrogens is 1. The van der Waals surface area contributed by atoms with E-state index in [2.05, 4.69) is 10.3 Å². The molecular weight excluding hydrogens is 274 g/mol. The van der Waals surface area contributed by atoms with E-state index in [4.69, 9.17) is 0 Å². The van der Waals surface area contributed by atoms with Crippen molar-refractivity contribution in [1.82, 2.24) is 15.2 Å². The number of carbonyl (C=O) groups excluding carboxylic acids is 2. The second-order valence-electron chi connectivity index (χ2n) is 5.25. The van der Waals surface area contributed by atoms with Gasteiger partial charge in [0.15, 0.2) is 0 Å². The van der Waals surface area contributed by atoms with E-state index in [-0.39, 0.29) is 17.9 Å². The highest BCUT2D eigenvalue weighted by Crippen LogP contribution is 2.22. The molecule has 1 fully saturated rings. The predicted octanol–water partition coefficient (Wildman–Crippen LogP) is 1.78. The van der Waals surface area contributed by atoms with Crippen molar-refractivity contribution in [2.24, 2.45) is 0 Å². The lowest BCUT2D eigenvalue weighted by atomic mass is 10.0. The Morgan fingerprint density at radius 3 is 2.60 bits per heavy atom. The van der Waals surface area contributed by atoms with Crippen molar-refractivity contribution in [3.8, 4) is 0 Å². The molecule has 6 heteroatoms. The molecule has 1 saturated heterocycles. The number of hydrogen-bond donors (Lipinski definition) is 1. The maximum atomic E-state index is 12.3. The maximum Gasteiger partial charge on any atom is 0.245 e. The highest BCUT2D eigenvalue weighted by molar-refractivity contribution is 7.11. The molecule has 0 aliphatic carbocycles. The lowest BCUT2D eigenvalue weighted by molar-refractivity contribution is -0.149. The largest absolute Gasteiger partial charge is 0.343 e. The first-order valence-corrected chi connectivity index (χ1v) is 7.79. The van der Waals surface area contributed by atoms with Gasteiger partial charge in [0.1, 0.15) is 17.1 Å². The summed E-state index contributed by atoms with van der Waals surface area (Å²) in [5, 5.41) is 3.65. The Bertz CT molecular complexity index is 507. The van der Waals surface area contributed by atoms with Crippen molar-refractivity contribution in [3.63, 3.8) is 0 Å². The van der Waals surface area contributed by atoms with Crippen LogP contribution in [0.3, 0.4) is 0 Å². The van der Waals surface area contributed by atoms with Crippen LogP contribution < -0.4 is 5.32 Å². The average molecular weight is 295 g/mol. The summed E-state index contributed by atoms with van der Waals surface area (Å²) in [6.45, 7) is 8.17. The molecule has 1 aliphatic rings. The van der Waals surface area contributed by atoms with Crippen LogP contribution in [-0.4, -0.2) is 33.8 Å². The molecule has 1 aromatic heterocycles. The molecule has 110 valence electrons. The maximum absolute atomic E-state index is 12.3. The van der Waals surface area contributed by atoms with E-state index in [0.717, 1.165) is 22.0 Å². The minimum Gasteiger partial charge on any atom is -0.343 e. The molecule has 0 saturated carbocycles. The zero-order valence-corrected chi connectivity index (χ0v) is 13.2. The van der Waals surface area contributed by atoms with Crippen LogP contribution in [0.1, 0.15) is 42.3 Å². The third-order valence-corrected chi connectivity index (χ3v) is 4.69. The number of nitrogens with one attached hydrogen (secondary N) is 1. The van der Waals surface area contributed by atoms with Crippen LogP contribution >= 0.6 is 11.3 Å². The first-order valence-electron chi connectivity index (χ1n) is 6.97. The minimum absolute atomic E-state index is 0.0199. The number of rotatable bonds is 4. The molecule has 2 atom stereocenters. The van der Waals surface area contributed by atoms with Gasteiger partial charge in [-0.25, -0.2) is 4.98 Å². The lowest BCUT2D eigenvalue weighted by Crippen LogP contribution is -2.61. The van der Waals surface area contributed by atoms with Gasteiger partial charge in [0.2, 0.25) is 11.8 Å². The second-order valence-corrected chi connectivity index (χ2v) is 6.54. The van der Waals surface area contributed by atoms with E-state index >= 15 is 0 Å². The third kappa shape index (κ3) is 2.85. The number of aryl methyl sites for hydroxylation is 2. The lowest BCUT2D eigenvalue weighted by Gasteiger charge is -2.37. The van der Waals surface area contributed by atoms with Gasteiger partial charge >= 0.3 is 0 Å². The summed E-state index contributed by atoms with van der Waals surface area (Å²) in [4.78, 5) is 31.8. The molecule has 2 rings (SSSR count). The van der Waals surface area contributed by atoms with E-state index < -0.39 is 6.04 Å². The van der Waals surface area contributed by atoms with Crippen molar-refractivity contribution in [2.45, 2.75) is 59.2 Å². The van der Waals surface area contributed by atoms with Crippen molar-refractivity contribution in [2.75, 3.05) is 0 Å². The van der Waals surface area contributed by atoms with Gasteiger partial charge in [0, 0.05) is 4.88 Å². The Morgan fingerprint density at radius 2 is 2.05 bits per heavy atom. The van der Waals surface area contributed by atoms with Gasteiger partial charge in [-0.3, -0.25) is 9.59 Å². The number of carbonyl (C=O) groups is 2. The average Bonchev–Trinajstić information content (AvgIpc) is 2.70. The van der Waals surface area contributed by atoms with Gasteiger partial charge in [-0.2, -0.15) is 0 Å². The molecule has 2 unspecified atom stereocenters. The van der Waals surface area contributed by atoms with Crippen molar-refractivity contribution < 1.29 is 9.59 Å². The summed E-state index contributed by atoms with van der Waals surface area (Å²) < 4.78 is 0. The summed E-state index contributed by atoms with van der Waals surface area (Å²) in [5.74, 6) is -0.0718. The van der Waals surface area contributed by atoms with Crippen LogP contribution in [0.5, 0.6) is 0 Å². The molecule has 1 aromatic rings. The molecule has 1 N–H and O–H groups in total. The number of thiazole rings is 1. The predicted molar refractivity (Wildman–Crippen MR) is 78.4 cm³/mol. The Morgan fingerprint density at radius 1 is 1.35 bits per heavy atom. The zero-order valence-electron chi connectivity index (χ0n) is 12.4. The summed E-state index contributed by atoms with van der Waals surface area (Å²) >= 11 is 1.60. The Hall–Kier alpha value is -1.43. The number of hydrogen-bond acceptors (Lipinski definition) is 4. The van der Waals surface area contributed by atoms with Crippen LogP contribution in [0.2, 0.25) is 0 Å². The third-order valence-electron chi connectivity index (χ3n) is 3.63. The molecular formula is C14H21N3O2S. The van der Waals surface area contributed by atoms with Crippen LogP contribution in [0.4, 0.5) is 0 Å². The Kier molecular flexibility index (Phi) is 4.42. The smallest absolute Gasteiger partial charge is 0.245 e. The van der Waals surface area contributed by atoms with Crippen molar-refractivity contribution in [3.05, 3.63) is 15.6 Å². The molecule has 20 heavy (non-hydrogen) atoms. The first-order chi connectivity index (χ1) is 9.43. The van der Waals surface area contributed by atoms with E-state index in [1.807, 2.05) is 20.8 Å². The van der Waals surface area contributed by atoms with Gasteiger partial charge in [0.05, 0.1) is 12.2 Å².